The van der Waals surface area contributed by atoms with Gasteiger partial charge >= 0.3 is 18.5 Å². The third-order valence-corrected chi connectivity index (χ3v) is 13.2. The Morgan fingerprint density at radius 2 is 1.24 bits per heavy atom. The summed E-state index contributed by atoms with van der Waals surface area (Å²) in [6.45, 7) is 8.26. The van der Waals surface area contributed by atoms with Crippen molar-refractivity contribution in [2.75, 3.05) is 25.1 Å². The summed E-state index contributed by atoms with van der Waals surface area (Å²) in [5, 5.41) is 14.3. The fourth-order valence-electron chi connectivity index (χ4n) is 9.84. The van der Waals surface area contributed by atoms with Gasteiger partial charge in [0.2, 0.25) is 11.8 Å². The number of ether oxygens (including phenoxy) is 2. The zero-order valence-corrected chi connectivity index (χ0v) is 37.9. The van der Waals surface area contributed by atoms with Gasteiger partial charge < -0.3 is 49.9 Å². The summed E-state index contributed by atoms with van der Waals surface area (Å²) in [5.74, 6) is -0.289. The lowest BCUT2D eigenvalue weighted by molar-refractivity contribution is -0.274. The summed E-state index contributed by atoms with van der Waals surface area (Å²) < 4.78 is 48.9. The summed E-state index contributed by atoms with van der Waals surface area (Å²) in [6.07, 6.45) is -2.76. The van der Waals surface area contributed by atoms with Crippen LogP contribution < -0.4 is 20.3 Å². The van der Waals surface area contributed by atoms with E-state index in [0.29, 0.717) is 67.1 Å². The van der Waals surface area contributed by atoms with Gasteiger partial charge in [-0.15, -0.1) is 13.2 Å². The van der Waals surface area contributed by atoms with Gasteiger partial charge in [0.1, 0.15) is 29.5 Å². The Kier molecular flexibility index (Phi) is 13.0. The first-order valence-corrected chi connectivity index (χ1v) is 22.6. The van der Waals surface area contributed by atoms with Crippen LogP contribution in [0.1, 0.15) is 113 Å². The van der Waals surface area contributed by atoms with Gasteiger partial charge in [-0.1, -0.05) is 51.4 Å². The molecule has 1 unspecified atom stereocenters. The first-order valence-electron chi connectivity index (χ1n) is 22.2. The largest absolute Gasteiger partial charge is 0.573 e. The van der Waals surface area contributed by atoms with Crippen molar-refractivity contribution in [1.82, 2.24) is 40.4 Å². The monoisotopic (exact) mass is 935 g/mol. The average molecular weight is 936 g/mol. The molecular formula is C46H53ClF3N9O7. The number of carboxylic acid groups (broad SMARTS) is 1. The average Bonchev–Trinajstić information content (AvgIpc) is 4.12. The number of anilines is 1. The van der Waals surface area contributed by atoms with E-state index in [0.717, 1.165) is 35.0 Å². The Morgan fingerprint density at radius 1 is 0.742 bits per heavy atom. The van der Waals surface area contributed by atoms with Crippen LogP contribution in [-0.2, 0) is 14.3 Å². The van der Waals surface area contributed by atoms with Gasteiger partial charge in [0.15, 0.2) is 0 Å². The van der Waals surface area contributed by atoms with E-state index in [1.54, 1.807) is 29.7 Å². The lowest BCUT2D eigenvalue weighted by Crippen LogP contribution is -2.51. The number of hydrogen-bond donors (Lipinski definition) is 5. The number of likely N-dealkylation sites (tertiary alicyclic amines) is 2. The number of alkyl halides is 3. The van der Waals surface area contributed by atoms with Gasteiger partial charge in [-0.2, -0.15) is 0 Å². The number of carbonyl (C=O) groups is 4. The topological polar surface area (TPSA) is 198 Å². The van der Waals surface area contributed by atoms with Crippen LogP contribution in [-0.4, -0.2) is 97.5 Å². The predicted molar refractivity (Wildman–Crippen MR) is 239 cm³/mol. The second kappa shape index (κ2) is 18.6. The lowest BCUT2D eigenvalue weighted by Gasteiger charge is -2.33. The second-order valence-electron chi connectivity index (χ2n) is 17.9. The maximum atomic E-state index is 13.8. The van der Waals surface area contributed by atoms with Crippen molar-refractivity contribution in [1.29, 1.82) is 0 Å². The Hall–Kier alpha value is -6.24. The number of amides is 4. The summed E-state index contributed by atoms with van der Waals surface area (Å²) in [6, 6.07) is 13.1. The number of aromatic nitrogens is 4. The molecule has 0 radical (unpaired) electrons. The number of methoxy groups -OCH3 is 1. The van der Waals surface area contributed by atoms with Gasteiger partial charge in [-0.25, -0.2) is 19.6 Å². The number of aromatic amines is 2. The molecule has 16 nitrogen and oxygen atoms in total. The van der Waals surface area contributed by atoms with Crippen molar-refractivity contribution in [2.45, 2.75) is 109 Å². The molecule has 6 atom stereocenters. The first-order chi connectivity index (χ1) is 31.4. The standard InChI is InChI=1S/C46H53ClF3N9O7/c1-23(2)38(55-44(62)63)42(60)57-18-6-8-35(57)40-51-29-13-10-25(20-31(29)53-40)33-15-16-34(59(33)27-12-17-37(28(47)22-27)66-46(48,49)50)26-11-14-30-32(21-26)54-41(52-30)36-9-7-19-58(36)43(61)39(24(3)4)56-45(64)65-5/h10-14,17,20-24,33-36,38-39,55H,6-9,15-16,18-19H2,1-5H3,(H,51,53)(H,52,54)(H,56,64)(H,62,63)/t33-,34?,35+,36+,38+,39+/m1/s1. The zero-order valence-electron chi connectivity index (χ0n) is 37.1. The van der Waals surface area contributed by atoms with E-state index in [4.69, 9.17) is 26.3 Å². The number of carbonyl (C=O) groups excluding carboxylic acids is 3. The summed E-state index contributed by atoms with van der Waals surface area (Å²) in [7, 11) is 1.25. The third kappa shape index (κ3) is 9.39. The van der Waals surface area contributed by atoms with Gasteiger partial charge in [-0.05, 0) is 104 Å². The molecule has 5 aromatic rings. The predicted octanol–water partition coefficient (Wildman–Crippen LogP) is 9.07. The molecule has 0 aliphatic carbocycles. The van der Waals surface area contributed by atoms with Crippen LogP contribution in [0.3, 0.4) is 0 Å². The Morgan fingerprint density at radius 3 is 1.68 bits per heavy atom. The molecule has 3 aliphatic heterocycles. The number of nitrogens with one attached hydrogen (secondary N) is 4. The van der Waals surface area contributed by atoms with Crippen LogP contribution in [0.5, 0.6) is 5.75 Å². The quantitative estimate of drug-likeness (QED) is 0.0805. The van der Waals surface area contributed by atoms with Crippen molar-refractivity contribution in [3.05, 3.63) is 82.4 Å². The summed E-state index contributed by atoms with van der Waals surface area (Å²) in [5.41, 5.74) is 5.25. The molecule has 0 spiro atoms. The fourth-order valence-corrected chi connectivity index (χ4v) is 10.1. The molecule has 0 bridgehead atoms. The highest BCUT2D eigenvalue weighted by molar-refractivity contribution is 6.32. The van der Waals surface area contributed by atoms with E-state index in [9.17, 15) is 37.5 Å². The van der Waals surface area contributed by atoms with Crippen molar-refractivity contribution in [3.63, 3.8) is 0 Å². The lowest BCUT2D eigenvalue weighted by atomic mass is 10.0. The number of alkyl carbamates (subject to hydrolysis) is 1. The molecule has 352 valence electrons. The highest BCUT2D eigenvalue weighted by atomic mass is 35.5. The van der Waals surface area contributed by atoms with Gasteiger partial charge in [0, 0.05) is 18.8 Å². The van der Waals surface area contributed by atoms with E-state index in [1.807, 2.05) is 50.2 Å². The molecular weight excluding hydrogens is 883 g/mol. The number of nitrogens with zero attached hydrogens (tertiary/aromatic N) is 5. The van der Waals surface area contributed by atoms with E-state index >= 15 is 0 Å². The van der Waals surface area contributed by atoms with Crippen molar-refractivity contribution in [3.8, 4) is 5.75 Å². The minimum atomic E-state index is -4.94. The molecule has 3 aromatic carbocycles. The second-order valence-corrected chi connectivity index (χ2v) is 18.3. The maximum absolute atomic E-state index is 13.8. The van der Waals surface area contributed by atoms with Crippen LogP contribution in [0.25, 0.3) is 22.1 Å². The Labute approximate surface area is 383 Å². The van der Waals surface area contributed by atoms with Crippen LogP contribution in [0.2, 0.25) is 5.02 Å². The summed E-state index contributed by atoms with van der Waals surface area (Å²) in [4.78, 5) is 73.5. The fraction of sp³-hybridized carbons (Fsp3) is 0.478. The molecule has 0 saturated carbocycles. The molecule has 3 fully saturated rings. The van der Waals surface area contributed by atoms with Crippen LogP contribution in [0, 0.1) is 11.8 Å². The van der Waals surface area contributed by atoms with Crippen molar-refractivity contribution >= 4 is 63.4 Å². The minimum Gasteiger partial charge on any atom is -0.465 e. The Bertz CT molecular complexity index is 2640. The number of halogens is 4. The van der Waals surface area contributed by atoms with E-state index in [2.05, 4.69) is 30.2 Å². The van der Waals surface area contributed by atoms with Crippen molar-refractivity contribution < 1.29 is 46.9 Å². The highest BCUT2D eigenvalue weighted by Gasteiger charge is 2.41. The number of H-pyrrole nitrogens is 2. The molecule has 3 saturated heterocycles. The van der Waals surface area contributed by atoms with Crippen LogP contribution in [0.15, 0.2) is 54.6 Å². The molecule has 5 heterocycles. The van der Waals surface area contributed by atoms with E-state index in [-0.39, 0.29) is 52.8 Å². The summed E-state index contributed by atoms with van der Waals surface area (Å²) >= 11 is 6.49. The molecule has 66 heavy (non-hydrogen) atoms. The van der Waals surface area contributed by atoms with Gasteiger partial charge in [-0.3, -0.25) is 9.59 Å². The molecule has 8 rings (SSSR count). The number of rotatable bonds is 12. The van der Waals surface area contributed by atoms with Crippen LogP contribution in [0.4, 0.5) is 28.4 Å². The number of benzene rings is 3. The number of hydrogen-bond acceptors (Lipinski definition) is 9. The molecule has 4 amide bonds. The molecule has 2 aromatic heterocycles. The maximum Gasteiger partial charge on any atom is 0.573 e. The Balaban J connectivity index is 1.11. The minimum absolute atomic E-state index is 0.190. The van der Waals surface area contributed by atoms with E-state index < -0.39 is 36.4 Å². The smallest absolute Gasteiger partial charge is 0.465 e. The zero-order chi connectivity index (χ0) is 47.2. The molecule has 3 aliphatic rings. The molecule has 20 heteroatoms. The SMILES string of the molecule is COC(=O)N[C@H](C(=O)N1CCC[C@H]1c1nc2ccc(C3CC[C@H](c4ccc5nc([C@@H]6CCCN6C(=O)[C@@H](NC(=O)O)C(C)C)[nH]c5c4)N3c3ccc(OC(F)(F)F)c(Cl)c3)cc2[nH]1)C(C)C. The van der Waals surface area contributed by atoms with Gasteiger partial charge in [0.25, 0.3) is 0 Å². The number of fused-ring (bicyclic) bond motifs is 2. The van der Waals surface area contributed by atoms with Gasteiger partial charge in [0.05, 0.1) is 58.4 Å². The van der Waals surface area contributed by atoms with Crippen molar-refractivity contribution in [2.24, 2.45) is 11.8 Å². The van der Waals surface area contributed by atoms with E-state index in [1.165, 1.54) is 19.2 Å². The van der Waals surface area contributed by atoms with Crippen LogP contribution >= 0.6 is 11.6 Å². The highest BCUT2D eigenvalue weighted by Crippen LogP contribution is 2.49. The first kappa shape index (κ1) is 46.3. The molecule has 5 N–H and O–H groups in total. The normalized spacial score (nSPS) is 21.0. The number of imidazole rings is 2. The third-order valence-electron chi connectivity index (χ3n) is 12.9.